The number of nitrogens with zero attached hydrogens (tertiary/aromatic N) is 3. The van der Waals surface area contributed by atoms with Gasteiger partial charge in [0.15, 0.2) is 5.69 Å². The van der Waals surface area contributed by atoms with E-state index in [2.05, 4.69) is 36.1 Å². The molecule has 0 aliphatic heterocycles. The molecule has 1 heterocycles. The Morgan fingerprint density at radius 2 is 1.82 bits per heavy atom. The molecule has 0 saturated carbocycles. The van der Waals surface area contributed by atoms with Crippen LogP contribution < -0.4 is 5.32 Å². The Kier molecular flexibility index (Phi) is 4.89. The van der Waals surface area contributed by atoms with Crippen molar-refractivity contribution in [3.8, 4) is 6.07 Å². The van der Waals surface area contributed by atoms with E-state index < -0.39 is 0 Å². The van der Waals surface area contributed by atoms with Crippen LogP contribution in [0.5, 0.6) is 0 Å². The van der Waals surface area contributed by atoms with Crippen molar-refractivity contribution < 1.29 is 0 Å². The SMILES string of the molecule is CCC(CC)(CC)CNc1cnc(C#N)cn1. The van der Waals surface area contributed by atoms with E-state index >= 15 is 0 Å². The molecule has 1 aromatic heterocycles. The molecule has 0 aromatic carbocycles. The van der Waals surface area contributed by atoms with Crippen LogP contribution in [0, 0.1) is 16.7 Å². The molecule has 17 heavy (non-hydrogen) atoms. The summed E-state index contributed by atoms with van der Waals surface area (Å²) < 4.78 is 0. The lowest BCUT2D eigenvalue weighted by molar-refractivity contribution is 0.271. The highest BCUT2D eigenvalue weighted by Crippen LogP contribution is 2.30. The lowest BCUT2D eigenvalue weighted by Gasteiger charge is -2.30. The van der Waals surface area contributed by atoms with Gasteiger partial charge in [0.05, 0.1) is 12.4 Å². The first-order valence-electron chi connectivity index (χ1n) is 6.15. The van der Waals surface area contributed by atoms with Crippen LogP contribution in [0.2, 0.25) is 0 Å². The van der Waals surface area contributed by atoms with Gasteiger partial charge in [0, 0.05) is 6.54 Å². The molecule has 0 radical (unpaired) electrons. The zero-order valence-corrected chi connectivity index (χ0v) is 10.8. The number of nitriles is 1. The van der Waals surface area contributed by atoms with Crippen LogP contribution in [0.25, 0.3) is 0 Å². The Labute approximate surface area is 103 Å². The first kappa shape index (κ1) is 13.4. The molecule has 4 nitrogen and oxygen atoms in total. The third kappa shape index (κ3) is 3.42. The average molecular weight is 232 g/mol. The van der Waals surface area contributed by atoms with Crippen molar-refractivity contribution in [2.24, 2.45) is 5.41 Å². The summed E-state index contributed by atoms with van der Waals surface area (Å²) >= 11 is 0. The molecule has 0 atom stereocenters. The molecular weight excluding hydrogens is 212 g/mol. The summed E-state index contributed by atoms with van der Waals surface area (Å²) in [6.07, 6.45) is 6.56. The van der Waals surface area contributed by atoms with Gasteiger partial charge in [-0.05, 0) is 24.7 Å². The van der Waals surface area contributed by atoms with Crippen LogP contribution in [0.1, 0.15) is 45.7 Å². The van der Waals surface area contributed by atoms with E-state index in [1.54, 1.807) is 6.20 Å². The first-order chi connectivity index (χ1) is 8.19. The Bertz CT molecular complexity index is 365. The Morgan fingerprint density at radius 1 is 1.18 bits per heavy atom. The molecule has 0 spiro atoms. The zero-order chi connectivity index (χ0) is 12.7. The number of anilines is 1. The molecule has 0 saturated heterocycles. The van der Waals surface area contributed by atoms with E-state index in [1.165, 1.54) is 6.20 Å². The molecule has 0 bridgehead atoms. The maximum absolute atomic E-state index is 8.63. The summed E-state index contributed by atoms with van der Waals surface area (Å²) in [5.74, 6) is 0.740. The lowest BCUT2D eigenvalue weighted by Crippen LogP contribution is -2.28. The van der Waals surface area contributed by atoms with Crippen LogP contribution in [0.4, 0.5) is 5.82 Å². The monoisotopic (exact) mass is 232 g/mol. The Balaban J connectivity index is 2.63. The standard InChI is InChI=1S/C13H20N4/c1-4-13(5-2,6-3)10-17-12-9-15-11(7-14)8-16-12/h8-9H,4-6,10H2,1-3H3,(H,16,17). The third-order valence-corrected chi connectivity index (χ3v) is 3.66. The van der Waals surface area contributed by atoms with Gasteiger partial charge < -0.3 is 5.32 Å². The molecule has 0 aliphatic carbocycles. The van der Waals surface area contributed by atoms with Crippen molar-refractivity contribution in [2.45, 2.75) is 40.0 Å². The van der Waals surface area contributed by atoms with Crippen molar-refractivity contribution in [1.29, 1.82) is 5.26 Å². The number of rotatable bonds is 6. The second-order valence-corrected chi connectivity index (χ2v) is 4.31. The molecular formula is C13H20N4. The molecule has 1 rings (SSSR count). The van der Waals surface area contributed by atoms with Crippen molar-refractivity contribution in [2.75, 3.05) is 11.9 Å². The van der Waals surface area contributed by atoms with E-state index in [-0.39, 0.29) is 0 Å². The fraction of sp³-hybridized carbons (Fsp3) is 0.615. The summed E-state index contributed by atoms with van der Waals surface area (Å²) in [5.41, 5.74) is 0.679. The molecule has 0 amide bonds. The molecule has 0 fully saturated rings. The summed E-state index contributed by atoms with van der Waals surface area (Å²) in [4.78, 5) is 8.15. The van der Waals surface area contributed by atoms with Crippen LogP contribution in [0.15, 0.2) is 12.4 Å². The smallest absolute Gasteiger partial charge is 0.158 e. The summed E-state index contributed by atoms with van der Waals surface area (Å²) in [7, 11) is 0. The predicted octanol–water partition coefficient (Wildman–Crippen LogP) is 2.98. The Hall–Kier alpha value is -1.63. The van der Waals surface area contributed by atoms with Gasteiger partial charge in [-0.15, -0.1) is 0 Å². The summed E-state index contributed by atoms with van der Waals surface area (Å²) in [6, 6.07) is 1.96. The fourth-order valence-electron chi connectivity index (χ4n) is 1.88. The first-order valence-corrected chi connectivity index (χ1v) is 6.15. The van der Waals surface area contributed by atoms with E-state index in [1.807, 2.05) is 6.07 Å². The van der Waals surface area contributed by atoms with Crippen LogP contribution in [-0.4, -0.2) is 16.5 Å². The zero-order valence-electron chi connectivity index (χ0n) is 10.8. The van der Waals surface area contributed by atoms with Crippen LogP contribution >= 0.6 is 0 Å². The van der Waals surface area contributed by atoms with Crippen LogP contribution in [-0.2, 0) is 0 Å². The maximum atomic E-state index is 8.63. The largest absolute Gasteiger partial charge is 0.368 e. The van der Waals surface area contributed by atoms with Gasteiger partial charge in [-0.25, -0.2) is 9.97 Å². The van der Waals surface area contributed by atoms with E-state index in [0.717, 1.165) is 31.6 Å². The minimum Gasteiger partial charge on any atom is -0.368 e. The quantitative estimate of drug-likeness (QED) is 0.819. The third-order valence-electron chi connectivity index (χ3n) is 3.66. The van der Waals surface area contributed by atoms with E-state index in [4.69, 9.17) is 5.26 Å². The highest BCUT2D eigenvalue weighted by atomic mass is 15.0. The van der Waals surface area contributed by atoms with Gasteiger partial charge >= 0.3 is 0 Å². The highest BCUT2D eigenvalue weighted by molar-refractivity contribution is 5.33. The Morgan fingerprint density at radius 3 is 2.24 bits per heavy atom. The highest BCUT2D eigenvalue weighted by Gasteiger charge is 2.23. The van der Waals surface area contributed by atoms with Gasteiger partial charge in [0.2, 0.25) is 0 Å². The maximum Gasteiger partial charge on any atom is 0.158 e. The number of aromatic nitrogens is 2. The van der Waals surface area contributed by atoms with Crippen molar-refractivity contribution in [3.05, 3.63) is 18.1 Å². The van der Waals surface area contributed by atoms with Gasteiger partial charge in [-0.3, -0.25) is 0 Å². The second-order valence-electron chi connectivity index (χ2n) is 4.31. The molecule has 1 aromatic rings. The van der Waals surface area contributed by atoms with Gasteiger partial charge in [0.1, 0.15) is 11.9 Å². The van der Waals surface area contributed by atoms with Crippen LogP contribution in [0.3, 0.4) is 0 Å². The van der Waals surface area contributed by atoms with Crippen molar-refractivity contribution >= 4 is 5.82 Å². The normalized spacial score (nSPS) is 10.9. The second kappa shape index (κ2) is 6.19. The topological polar surface area (TPSA) is 61.6 Å². The lowest BCUT2D eigenvalue weighted by atomic mass is 9.80. The average Bonchev–Trinajstić information content (AvgIpc) is 2.41. The molecule has 92 valence electrons. The minimum atomic E-state index is 0.329. The number of hydrogen-bond donors (Lipinski definition) is 1. The number of nitrogens with one attached hydrogen (secondary N) is 1. The van der Waals surface area contributed by atoms with Gasteiger partial charge in [-0.1, -0.05) is 20.8 Å². The van der Waals surface area contributed by atoms with E-state index in [0.29, 0.717) is 11.1 Å². The van der Waals surface area contributed by atoms with E-state index in [9.17, 15) is 0 Å². The van der Waals surface area contributed by atoms with Crippen molar-refractivity contribution in [3.63, 3.8) is 0 Å². The summed E-state index contributed by atoms with van der Waals surface area (Å²) in [5, 5.41) is 11.9. The van der Waals surface area contributed by atoms with Gasteiger partial charge in [0.25, 0.3) is 0 Å². The molecule has 4 heteroatoms. The predicted molar refractivity (Wildman–Crippen MR) is 68.5 cm³/mol. The number of hydrogen-bond acceptors (Lipinski definition) is 4. The molecule has 0 aliphatic rings. The molecule has 1 N–H and O–H groups in total. The molecule has 0 unspecified atom stereocenters. The summed E-state index contributed by atoms with van der Waals surface area (Å²) in [6.45, 7) is 7.56. The van der Waals surface area contributed by atoms with Gasteiger partial charge in [-0.2, -0.15) is 5.26 Å². The fourth-order valence-corrected chi connectivity index (χ4v) is 1.88. The minimum absolute atomic E-state index is 0.329. The van der Waals surface area contributed by atoms with Crippen molar-refractivity contribution in [1.82, 2.24) is 9.97 Å².